The van der Waals surface area contributed by atoms with Gasteiger partial charge in [-0.2, -0.15) is 0 Å². The molecule has 0 bridgehead atoms. The lowest BCUT2D eigenvalue weighted by molar-refractivity contribution is 0.646. The molecule has 8 aromatic rings. The molecular weight excluding hydrogens is 540 g/mol. The van der Waals surface area contributed by atoms with Gasteiger partial charge in [-0.15, -0.1) is 0 Å². The summed E-state index contributed by atoms with van der Waals surface area (Å²) in [6.45, 7) is 4.80. The quantitative estimate of drug-likeness (QED) is 0.185. The highest BCUT2D eigenvalue weighted by Gasteiger charge is 2.35. The number of rotatable bonds is 3. The molecule has 0 radical (unpaired) electrons. The zero-order chi connectivity index (χ0) is 30.1. The second-order valence-electron chi connectivity index (χ2n) is 12.9. The van der Waals surface area contributed by atoms with E-state index in [9.17, 15) is 0 Å². The molecule has 0 aliphatic heterocycles. The van der Waals surface area contributed by atoms with Gasteiger partial charge in [-0.25, -0.2) is 0 Å². The summed E-state index contributed by atoms with van der Waals surface area (Å²) in [7, 11) is 0. The second-order valence-corrected chi connectivity index (χ2v) is 12.9. The minimum absolute atomic E-state index is 0.169. The van der Waals surface area contributed by atoms with Crippen molar-refractivity contribution in [3.63, 3.8) is 0 Å². The van der Waals surface area contributed by atoms with E-state index in [1.165, 1.54) is 88.0 Å². The van der Waals surface area contributed by atoms with E-state index < -0.39 is 0 Å². The minimum Gasteiger partial charge on any atom is -0.0622 e. The summed E-state index contributed by atoms with van der Waals surface area (Å²) in [5.41, 5.74) is 12.9. The summed E-state index contributed by atoms with van der Waals surface area (Å²) in [5, 5.41) is 7.88. The van der Waals surface area contributed by atoms with Crippen LogP contribution in [0.5, 0.6) is 0 Å². The standard InChI is InChI=1S/C45H32/c1-45(2)40-21-11-20-39-42(35-23-22-30-14-6-7-15-31(30)27-35)36-18-8-9-19-37(36)43(44(39)40)38-25-24-34(28-41(38)45)33-17-10-16-32(26-33)29-12-4-3-5-13-29/h3-28H,1-2H3. The largest absolute Gasteiger partial charge is 0.0622 e. The lowest BCUT2D eigenvalue weighted by atomic mass is 9.66. The fourth-order valence-corrected chi connectivity index (χ4v) is 7.80. The Morgan fingerprint density at radius 3 is 1.78 bits per heavy atom. The van der Waals surface area contributed by atoms with Crippen molar-refractivity contribution in [1.82, 2.24) is 0 Å². The van der Waals surface area contributed by atoms with Crippen LogP contribution in [0.3, 0.4) is 0 Å². The van der Waals surface area contributed by atoms with Crippen molar-refractivity contribution >= 4 is 32.3 Å². The van der Waals surface area contributed by atoms with Crippen molar-refractivity contribution < 1.29 is 0 Å². The molecule has 0 fully saturated rings. The van der Waals surface area contributed by atoms with E-state index in [0.717, 1.165) is 0 Å². The van der Waals surface area contributed by atoms with Gasteiger partial charge in [-0.05, 0) is 106 Å². The molecule has 0 N–H and O–H groups in total. The molecular formula is C45H32. The molecule has 212 valence electrons. The van der Waals surface area contributed by atoms with Crippen molar-refractivity contribution in [2.24, 2.45) is 0 Å². The molecule has 0 spiro atoms. The smallest absolute Gasteiger partial charge is 0.0159 e. The van der Waals surface area contributed by atoms with Crippen LogP contribution in [0.15, 0.2) is 158 Å². The highest BCUT2D eigenvalue weighted by atomic mass is 14.4. The Morgan fingerprint density at radius 1 is 0.356 bits per heavy atom. The second kappa shape index (κ2) is 9.78. The molecule has 0 atom stereocenters. The van der Waals surface area contributed by atoms with Crippen molar-refractivity contribution in [2.75, 3.05) is 0 Å². The van der Waals surface area contributed by atoms with Crippen LogP contribution in [0.2, 0.25) is 0 Å². The minimum atomic E-state index is -0.169. The third-order valence-corrected chi connectivity index (χ3v) is 10.0. The Labute approximate surface area is 264 Å². The van der Waals surface area contributed by atoms with E-state index in [0.29, 0.717) is 0 Å². The van der Waals surface area contributed by atoms with Gasteiger partial charge in [0, 0.05) is 5.41 Å². The number of hydrogen-bond acceptors (Lipinski definition) is 0. The molecule has 0 heteroatoms. The molecule has 1 aliphatic carbocycles. The first kappa shape index (κ1) is 26.0. The average Bonchev–Trinajstić information content (AvgIpc) is 3.10. The molecule has 0 aromatic heterocycles. The fourth-order valence-electron chi connectivity index (χ4n) is 7.80. The predicted octanol–water partition coefficient (Wildman–Crippen LogP) is 12.5. The van der Waals surface area contributed by atoms with Gasteiger partial charge in [0.15, 0.2) is 0 Å². The van der Waals surface area contributed by atoms with Gasteiger partial charge in [0.1, 0.15) is 0 Å². The molecule has 1 aliphatic rings. The molecule has 0 nitrogen and oxygen atoms in total. The number of hydrogen-bond donors (Lipinski definition) is 0. The van der Waals surface area contributed by atoms with Gasteiger partial charge in [0.05, 0.1) is 0 Å². The summed E-state index contributed by atoms with van der Waals surface area (Å²) in [5.74, 6) is 0. The zero-order valence-corrected chi connectivity index (χ0v) is 25.5. The third kappa shape index (κ3) is 3.92. The van der Waals surface area contributed by atoms with E-state index in [-0.39, 0.29) is 5.41 Å². The Hall–Kier alpha value is -5.46. The predicted molar refractivity (Wildman–Crippen MR) is 193 cm³/mol. The summed E-state index contributed by atoms with van der Waals surface area (Å²) in [6, 6.07) is 58.3. The first-order chi connectivity index (χ1) is 22.1. The first-order valence-electron chi connectivity index (χ1n) is 15.9. The van der Waals surface area contributed by atoms with Crippen LogP contribution in [-0.2, 0) is 5.41 Å². The summed E-state index contributed by atoms with van der Waals surface area (Å²) in [4.78, 5) is 0. The maximum atomic E-state index is 2.45. The Morgan fingerprint density at radius 2 is 0.956 bits per heavy atom. The Balaban J connectivity index is 1.31. The molecule has 8 aromatic carbocycles. The van der Waals surface area contributed by atoms with E-state index in [1.807, 2.05) is 0 Å². The van der Waals surface area contributed by atoms with E-state index in [2.05, 4.69) is 172 Å². The first-order valence-corrected chi connectivity index (χ1v) is 15.9. The number of benzene rings is 8. The maximum absolute atomic E-state index is 2.45. The van der Waals surface area contributed by atoms with Crippen LogP contribution in [0, 0.1) is 0 Å². The van der Waals surface area contributed by atoms with Gasteiger partial charge in [-0.3, -0.25) is 0 Å². The third-order valence-electron chi connectivity index (χ3n) is 10.0. The van der Waals surface area contributed by atoms with Gasteiger partial charge < -0.3 is 0 Å². The van der Waals surface area contributed by atoms with Crippen LogP contribution in [0.4, 0.5) is 0 Å². The normalized spacial score (nSPS) is 13.3. The summed E-state index contributed by atoms with van der Waals surface area (Å²) >= 11 is 0. The van der Waals surface area contributed by atoms with E-state index in [4.69, 9.17) is 0 Å². The van der Waals surface area contributed by atoms with Gasteiger partial charge in [0.2, 0.25) is 0 Å². The lowest BCUT2D eigenvalue weighted by Gasteiger charge is -2.37. The van der Waals surface area contributed by atoms with Crippen molar-refractivity contribution in [3.8, 4) is 44.5 Å². The zero-order valence-electron chi connectivity index (χ0n) is 25.5. The molecule has 0 saturated heterocycles. The number of fused-ring (bicyclic) bond motifs is 5. The van der Waals surface area contributed by atoms with Gasteiger partial charge >= 0.3 is 0 Å². The molecule has 0 unspecified atom stereocenters. The van der Waals surface area contributed by atoms with Crippen LogP contribution >= 0.6 is 0 Å². The monoisotopic (exact) mass is 572 g/mol. The van der Waals surface area contributed by atoms with Gasteiger partial charge in [-0.1, -0.05) is 153 Å². The topological polar surface area (TPSA) is 0 Å². The Kier molecular flexibility index (Phi) is 5.64. The maximum Gasteiger partial charge on any atom is 0.0159 e. The van der Waals surface area contributed by atoms with E-state index >= 15 is 0 Å². The Bertz CT molecular complexity index is 2440. The molecule has 9 rings (SSSR count). The molecule has 0 amide bonds. The van der Waals surface area contributed by atoms with Gasteiger partial charge in [0.25, 0.3) is 0 Å². The average molecular weight is 573 g/mol. The van der Waals surface area contributed by atoms with Crippen molar-refractivity contribution in [1.29, 1.82) is 0 Å². The van der Waals surface area contributed by atoms with Crippen LogP contribution in [-0.4, -0.2) is 0 Å². The summed E-state index contributed by atoms with van der Waals surface area (Å²) < 4.78 is 0. The molecule has 0 saturated carbocycles. The SMILES string of the molecule is CC1(C)c2cc(-c3cccc(-c4ccccc4)c3)ccc2-c2c3ccccc3c(-c3ccc4ccccc4c3)c3cccc1c23. The van der Waals surface area contributed by atoms with Crippen molar-refractivity contribution in [2.45, 2.75) is 19.3 Å². The molecule has 0 heterocycles. The fraction of sp³-hybridized carbons (Fsp3) is 0.0667. The lowest BCUT2D eigenvalue weighted by Crippen LogP contribution is -2.24. The van der Waals surface area contributed by atoms with E-state index in [1.54, 1.807) is 0 Å². The highest BCUT2D eigenvalue weighted by Crippen LogP contribution is 2.54. The van der Waals surface area contributed by atoms with Crippen LogP contribution in [0.25, 0.3) is 76.8 Å². The van der Waals surface area contributed by atoms with Crippen LogP contribution < -0.4 is 0 Å². The molecule has 45 heavy (non-hydrogen) atoms. The van der Waals surface area contributed by atoms with Crippen LogP contribution in [0.1, 0.15) is 25.0 Å². The van der Waals surface area contributed by atoms with Crippen molar-refractivity contribution in [3.05, 3.63) is 169 Å². The summed E-state index contributed by atoms with van der Waals surface area (Å²) in [6.07, 6.45) is 0. The highest BCUT2D eigenvalue weighted by molar-refractivity contribution is 6.24.